The molecule has 1 aromatic rings. The molecule has 0 saturated carbocycles. The Balaban J connectivity index is 3.07. The number of carbonyl (C=O) groups excluding carboxylic acids is 1. The molecule has 0 aromatic heterocycles. The van der Waals surface area contributed by atoms with Gasteiger partial charge in [-0.1, -0.05) is 0 Å². The number of nitriles is 1. The van der Waals surface area contributed by atoms with Gasteiger partial charge in [0, 0.05) is 0 Å². The first kappa shape index (κ1) is 13.0. The van der Waals surface area contributed by atoms with Crippen LogP contribution in [-0.2, 0) is 6.18 Å². The lowest BCUT2D eigenvalue weighted by Crippen LogP contribution is -2.25. The van der Waals surface area contributed by atoms with E-state index < -0.39 is 35.6 Å². The summed E-state index contributed by atoms with van der Waals surface area (Å²) in [4.78, 5) is 11.2. The van der Waals surface area contributed by atoms with Gasteiger partial charge < -0.3 is 5.32 Å². The second-order valence-electron chi connectivity index (χ2n) is 3.03. The van der Waals surface area contributed by atoms with Crippen molar-refractivity contribution in [1.82, 2.24) is 5.32 Å². The van der Waals surface area contributed by atoms with Gasteiger partial charge in [0.25, 0.3) is 5.91 Å². The van der Waals surface area contributed by atoms with Crippen molar-refractivity contribution in [3.63, 3.8) is 0 Å². The number of nitrogens with one attached hydrogen (secondary N) is 1. The SMILES string of the molecule is N#CCNC(=O)c1cc(C(F)(F)F)ccc1F. The molecule has 1 rings (SSSR count). The van der Waals surface area contributed by atoms with E-state index >= 15 is 0 Å². The average molecular weight is 246 g/mol. The summed E-state index contributed by atoms with van der Waals surface area (Å²) >= 11 is 0. The van der Waals surface area contributed by atoms with E-state index in [1.807, 2.05) is 5.32 Å². The number of hydrogen-bond acceptors (Lipinski definition) is 2. The van der Waals surface area contributed by atoms with Crippen molar-refractivity contribution in [2.24, 2.45) is 0 Å². The smallest absolute Gasteiger partial charge is 0.339 e. The third-order valence-electron chi connectivity index (χ3n) is 1.87. The average Bonchev–Trinajstić information content (AvgIpc) is 2.24. The molecule has 0 heterocycles. The second-order valence-corrected chi connectivity index (χ2v) is 3.03. The van der Waals surface area contributed by atoms with Crippen LogP contribution in [0.1, 0.15) is 15.9 Å². The quantitative estimate of drug-likeness (QED) is 0.641. The summed E-state index contributed by atoms with van der Waals surface area (Å²) in [5.74, 6) is -2.14. The van der Waals surface area contributed by atoms with Crippen molar-refractivity contribution in [2.75, 3.05) is 6.54 Å². The van der Waals surface area contributed by atoms with E-state index in [2.05, 4.69) is 0 Å². The van der Waals surface area contributed by atoms with E-state index in [1.165, 1.54) is 0 Å². The van der Waals surface area contributed by atoms with Crippen LogP contribution in [0.15, 0.2) is 18.2 Å². The van der Waals surface area contributed by atoms with Gasteiger partial charge in [-0.25, -0.2) is 4.39 Å². The predicted octanol–water partition coefficient (Wildman–Crippen LogP) is 2.10. The van der Waals surface area contributed by atoms with E-state index in [9.17, 15) is 22.4 Å². The summed E-state index contributed by atoms with van der Waals surface area (Å²) in [6.07, 6.45) is -4.65. The maximum Gasteiger partial charge on any atom is 0.416 e. The molecule has 1 N–H and O–H groups in total. The minimum atomic E-state index is -4.65. The molecule has 0 fully saturated rings. The van der Waals surface area contributed by atoms with Crippen molar-refractivity contribution in [1.29, 1.82) is 5.26 Å². The predicted molar refractivity (Wildman–Crippen MR) is 49.3 cm³/mol. The van der Waals surface area contributed by atoms with Crippen molar-refractivity contribution in [2.45, 2.75) is 6.18 Å². The largest absolute Gasteiger partial charge is 0.416 e. The van der Waals surface area contributed by atoms with Crippen LogP contribution in [0.25, 0.3) is 0 Å². The van der Waals surface area contributed by atoms with Gasteiger partial charge in [0.15, 0.2) is 0 Å². The highest BCUT2D eigenvalue weighted by molar-refractivity contribution is 5.94. The number of hydrogen-bond donors (Lipinski definition) is 1. The molecule has 0 aliphatic rings. The standard InChI is InChI=1S/C10H6F4N2O/c11-8-2-1-6(10(12,13)14)5-7(8)9(17)16-4-3-15/h1-2,5H,4H2,(H,16,17). The van der Waals surface area contributed by atoms with E-state index in [0.29, 0.717) is 18.2 Å². The third kappa shape index (κ3) is 3.17. The number of rotatable bonds is 2. The zero-order chi connectivity index (χ0) is 13.1. The highest BCUT2D eigenvalue weighted by atomic mass is 19.4. The number of carbonyl (C=O) groups is 1. The normalized spacial score (nSPS) is 10.8. The zero-order valence-electron chi connectivity index (χ0n) is 8.31. The van der Waals surface area contributed by atoms with E-state index in [4.69, 9.17) is 5.26 Å². The molecule has 7 heteroatoms. The van der Waals surface area contributed by atoms with Crippen molar-refractivity contribution < 1.29 is 22.4 Å². The van der Waals surface area contributed by atoms with Crippen LogP contribution in [0.2, 0.25) is 0 Å². The number of halogens is 4. The fourth-order valence-electron chi connectivity index (χ4n) is 1.09. The molecule has 0 radical (unpaired) electrons. The van der Waals surface area contributed by atoms with Gasteiger partial charge in [-0.2, -0.15) is 18.4 Å². The highest BCUT2D eigenvalue weighted by Gasteiger charge is 2.31. The number of alkyl halides is 3. The number of amides is 1. The van der Waals surface area contributed by atoms with Gasteiger partial charge in [0.05, 0.1) is 17.2 Å². The van der Waals surface area contributed by atoms with Crippen LogP contribution >= 0.6 is 0 Å². The molecule has 0 unspecified atom stereocenters. The Morgan fingerprint density at radius 2 is 2.06 bits per heavy atom. The first-order valence-electron chi connectivity index (χ1n) is 4.38. The first-order chi connectivity index (χ1) is 7.86. The molecule has 0 saturated heterocycles. The minimum absolute atomic E-state index is 0.405. The molecule has 90 valence electrons. The van der Waals surface area contributed by atoms with Gasteiger partial charge in [-0.3, -0.25) is 4.79 Å². The maximum atomic E-state index is 13.1. The summed E-state index contributed by atoms with van der Waals surface area (Å²) in [5, 5.41) is 10.1. The van der Waals surface area contributed by atoms with Crippen LogP contribution in [0.3, 0.4) is 0 Å². The van der Waals surface area contributed by atoms with Crippen LogP contribution in [0, 0.1) is 17.1 Å². The minimum Gasteiger partial charge on any atom is -0.339 e. The van der Waals surface area contributed by atoms with Gasteiger partial charge in [-0.15, -0.1) is 0 Å². The Morgan fingerprint density at radius 1 is 1.41 bits per heavy atom. The molecule has 1 amide bonds. The van der Waals surface area contributed by atoms with Crippen LogP contribution in [-0.4, -0.2) is 12.5 Å². The number of benzene rings is 1. The molecule has 3 nitrogen and oxygen atoms in total. The second kappa shape index (κ2) is 4.82. The molecule has 0 aliphatic heterocycles. The molecular weight excluding hydrogens is 240 g/mol. The lowest BCUT2D eigenvalue weighted by atomic mass is 10.1. The lowest BCUT2D eigenvalue weighted by Gasteiger charge is -2.09. The van der Waals surface area contributed by atoms with E-state index in [1.54, 1.807) is 6.07 Å². The summed E-state index contributed by atoms with van der Waals surface area (Å²) in [6.45, 7) is -0.408. The molecule has 17 heavy (non-hydrogen) atoms. The summed E-state index contributed by atoms with van der Waals surface area (Å²) in [5.41, 5.74) is -1.86. The monoisotopic (exact) mass is 246 g/mol. The van der Waals surface area contributed by atoms with Crippen molar-refractivity contribution in [3.8, 4) is 6.07 Å². The summed E-state index contributed by atoms with van der Waals surface area (Å²) < 4.78 is 50.0. The Labute approximate surface area is 93.7 Å². The first-order valence-corrected chi connectivity index (χ1v) is 4.38. The number of nitrogens with zero attached hydrogens (tertiary/aromatic N) is 1. The van der Waals surface area contributed by atoms with Crippen LogP contribution < -0.4 is 5.32 Å². The van der Waals surface area contributed by atoms with E-state index in [0.717, 1.165) is 0 Å². The maximum absolute atomic E-state index is 13.1. The molecule has 0 atom stereocenters. The zero-order valence-corrected chi connectivity index (χ0v) is 8.31. The summed E-state index contributed by atoms with van der Waals surface area (Å²) in [7, 11) is 0. The van der Waals surface area contributed by atoms with Crippen molar-refractivity contribution in [3.05, 3.63) is 35.1 Å². The molecule has 0 spiro atoms. The molecule has 0 aliphatic carbocycles. The Bertz CT molecular complexity index is 476. The summed E-state index contributed by atoms with van der Waals surface area (Å²) in [6, 6.07) is 3.06. The van der Waals surface area contributed by atoms with Crippen LogP contribution in [0.5, 0.6) is 0 Å². The van der Waals surface area contributed by atoms with Gasteiger partial charge in [0.1, 0.15) is 12.4 Å². The Morgan fingerprint density at radius 3 is 2.59 bits per heavy atom. The van der Waals surface area contributed by atoms with Gasteiger partial charge >= 0.3 is 6.18 Å². The van der Waals surface area contributed by atoms with E-state index in [-0.39, 0.29) is 0 Å². The van der Waals surface area contributed by atoms with Gasteiger partial charge in [0.2, 0.25) is 0 Å². The topological polar surface area (TPSA) is 52.9 Å². The Hall–Kier alpha value is -2.10. The highest BCUT2D eigenvalue weighted by Crippen LogP contribution is 2.30. The fourth-order valence-corrected chi connectivity index (χ4v) is 1.09. The van der Waals surface area contributed by atoms with Crippen molar-refractivity contribution >= 4 is 5.91 Å². The molecule has 1 aromatic carbocycles. The lowest BCUT2D eigenvalue weighted by molar-refractivity contribution is -0.137. The molecular formula is C10H6F4N2O. The molecule has 0 bridgehead atoms. The van der Waals surface area contributed by atoms with Gasteiger partial charge in [-0.05, 0) is 18.2 Å². The third-order valence-corrected chi connectivity index (χ3v) is 1.87. The fraction of sp³-hybridized carbons (Fsp3) is 0.200. The Kier molecular flexibility index (Phi) is 3.68. The van der Waals surface area contributed by atoms with Crippen LogP contribution in [0.4, 0.5) is 17.6 Å².